The summed E-state index contributed by atoms with van der Waals surface area (Å²) in [5.41, 5.74) is 1.21. The molecule has 5 nitrogen and oxygen atoms in total. The van der Waals surface area contributed by atoms with E-state index in [1.807, 2.05) is 30.3 Å². The van der Waals surface area contributed by atoms with Crippen molar-refractivity contribution in [2.24, 2.45) is 0 Å². The highest BCUT2D eigenvalue weighted by molar-refractivity contribution is 7.99. The number of aromatic nitrogens is 2. The second-order valence-corrected chi connectivity index (χ2v) is 4.57. The molecule has 1 aromatic carbocycles. The maximum atomic E-state index is 10.4. The van der Waals surface area contributed by atoms with Gasteiger partial charge in [0.2, 0.25) is 0 Å². The first-order chi connectivity index (χ1) is 8.74. The Morgan fingerprint density at radius 1 is 1.28 bits per heavy atom. The highest BCUT2D eigenvalue weighted by atomic mass is 32.2. The first kappa shape index (κ1) is 12.6. The van der Waals surface area contributed by atoms with E-state index in [0.29, 0.717) is 17.5 Å². The Balaban J connectivity index is 1.85. The van der Waals surface area contributed by atoms with Gasteiger partial charge in [-0.1, -0.05) is 47.3 Å². The van der Waals surface area contributed by atoms with Crippen molar-refractivity contribution in [2.75, 3.05) is 5.75 Å². The fourth-order valence-corrected chi connectivity index (χ4v) is 1.93. The molecule has 0 amide bonds. The van der Waals surface area contributed by atoms with Gasteiger partial charge in [-0.15, -0.1) is 0 Å². The van der Waals surface area contributed by atoms with Gasteiger partial charge >= 0.3 is 5.97 Å². The SMILES string of the molecule is O=C(O)CSc1nc(CCc2ccccc2)no1. The first-order valence-corrected chi connectivity index (χ1v) is 6.43. The van der Waals surface area contributed by atoms with Gasteiger partial charge in [0.1, 0.15) is 5.75 Å². The molecule has 1 aromatic heterocycles. The predicted octanol–water partition coefficient (Wildman–Crippen LogP) is 2.03. The van der Waals surface area contributed by atoms with Gasteiger partial charge in [0.25, 0.3) is 5.22 Å². The second-order valence-electron chi connectivity index (χ2n) is 3.64. The van der Waals surface area contributed by atoms with Gasteiger partial charge in [-0.25, -0.2) is 0 Å². The Hall–Kier alpha value is -1.82. The maximum Gasteiger partial charge on any atom is 0.314 e. The molecule has 0 radical (unpaired) electrons. The van der Waals surface area contributed by atoms with E-state index < -0.39 is 5.97 Å². The van der Waals surface area contributed by atoms with E-state index in [1.165, 1.54) is 5.56 Å². The van der Waals surface area contributed by atoms with Crippen molar-refractivity contribution in [2.45, 2.75) is 18.1 Å². The Labute approximate surface area is 108 Å². The predicted molar refractivity (Wildman–Crippen MR) is 66.5 cm³/mol. The minimum atomic E-state index is -0.899. The maximum absolute atomic E-state index is 10.4. The van der Waals surface area contributed by atoms with Gasteiger partial charge in [0, 0.05) is 6.42 Å². The van der Waals surface area contributed by atoms with Gasteiger partial charge < -0.3 is 9.63 Å². The summed E-state index contributed by atoms with van der Waals surface area (Å²) < 4.78 is 4.94. The standard InChI is InChI=1S/C12H12N2O3S/c15-11(16)8-18-12-13-10(14-17-12)7-6-9-4-2-1-3-5-9/h1-5H,6-8H2,(H,15,16). The van der Waals surface area contributed by atoms with Crippen molar-refractivity contribution in [3.05, 3.63) is 41.7 Å². The van der Waals surface area contributed by atoms with Gasteiger partial charge in [0.05, 0.1) is 0 Å². The quantitative estimate of drug-likeness (QED) is 0.804. The molecule has 0 unspecified atom stereocenters. The highest BCUT2D eigenvalue weighted by Crippen LogP contribution is 2.15. The summed E-state index contributed by atoms with van der Waals surface area (Å²) >= 11 is 1.03. The van der Waals surface area contributed by atoms with E-state index in [9.17, 15) is 4.79 Å². The lowest BCUT2D eigenvalue weighted by molar-refractivity contribution is -0.133. The third kappa shape index (κ3) is 3.89. The van der Waals surface area contributed by atoms with Crippen LogP contribution < -0.4 is 0 Å². The molecular formula is C12H12N2O3S. The number of hydrogen-bond acceptors (Lipinski definition) is 5. The summed E-state index contributed by atoms with van der Waals surface area (Å²) in [6.45, 7) is 0. The lowest BCUT2D eigenvalue weighted by atomic mass is 10.1. The largest absolute Gasteiger partial charge is 0.481 e. The second kappa shape index (κ2) is 6.20. The van der Waals surface area contributed by atoms with Crippen LogP contribution in [0.2, 0.25) is 0 Å². The number of carbonyl (C=O) groups is 1. The number of hydrogen-bond donors (Lipinski definition) is 1. The molecule has 1 N–H and O–H groups in total. The van der Waals surface area contributed by atoms with E-state index in [-0.39, 0.29) is 5.75 Å². The molecular weight excluding hydrogens is 252 g/mol. The number of aryl methyl sites for hydroxylation is 2. The monoisotopic (exact) mass is 264 g/mol. The van der Waals surface area contributed by atoms with Crippen molar-refractivity contribution in [1.29, 1.82) is 0 Å². The van der Waals surface area contributed by atoms with Gasteiger partial charge in [0.15, 0.2) is 5.82 Å². The van der Waals surface area contributed by atoms with Crippen LogP contribution in [0.3, 0.4) is 0 Å². The summed E-state index contributed by atoms with van der Waals surface area (Å²) in [5, 5.41) is 12.6. The number of aliphatic carboxylic acids is 1. The van der Waals surface area contributed by atoms with Crippen molar-refractivity contribution in [1.82, 2.24) is 10.1 Å². The molecule has 18 heavy (non-hydrogen) atoms. The van der Waals surface area contributed by atoms with Crippen molar-refractivity contribution in [3.63, 3.8) is 0 Å². The summed E-state index contributed by atoms with van der Waals surface area (Å²) in [6.07, 6.45) is 1.52. The lowest BCUT2D eigenvalue weighted by Crippen LogP contribution is -1.97. The first-order valence-electron chi connectivity index (χ1n) is 5.45. The molecule has 0 saturated heterocycles. The molecule has 0 aliphatic heterocycles. The third-order valence-corrected chi connectivity index (χ3v) is 3.05. The fourth-order valence-electron chi connectivity index (χ4n) is 1.42. The zero-order valence-corrected chi connectivity index (χ0v) is 10.4. The lowest BCUT2D eigenvalue weighted by Gasteiger charge is -1.96. The smallest absolute Gasteiger partial charge is 0.314 e. The molecule has 0 aliphatic carbocycles. The molecule has 1 heterocycles. The average Bonchev–Trinajstić information content (AvgIpc) is 2.83. The van der Waals surface area contributed by atoms with Crippen LogP contribution in [-0.4, -0.2) is 27.0 Å². The van der Waals surface area contributed by atoms with E-state index in [4.69, 9.17) is 9.63 Å². The molecule has 0 atom stereocenters. The zero-order chi connectivity index (χ0) is 12.8. The van der Waals surface area contributed by atoms with Gasteiger partial charge in [-0.3, -0.25) is 4.79 Å². The van der Waals surface area contributed by atoms with E-state index in [0.717, 1.165) is 18.2 Å². The summed E-state index contributed by atoms with van der Waals surface area (Å²) in [4.78, 5) is 14.5. The Kier molecular flexibility index (Phi) is 4.35. The molecule has 0 fully saturated rings. The Morgan fingerprint density at radius 2 is 2.06 bits per heavy atom. The molecule has 6 heteroatoms. The fraction of sp³-hybridized carbons (Fsp3) is 0.250. The van der Waals surface area contributed by atoms with Crippen molar-refractivity contribution >= 4 is 17.7 Å². The van der Waals surface area contributed by atoms with Crippen LogP contribution >= 0.6 is 11.8 Å². The molecule has 0 saturated carbocycles. The zero-order valence-electron chi connectivity index (χ0n) is 9.57. The number of carboxylic acid groups (broad SMARTS) is 1. The van der Waals surface area contributed by atoms with Crippen LogP contribution in [-0.2, 0) is 17.6 Å². The van der Waals surface area contributed by atoms with Crippen LogP contribution in [0.4, 0.5) is 0 Å². The van der Waals surface area contributed by atoms with Crippen LogP contribution in [0.25, 0.3) is 0 Å². The van der Waals surface area contributed by atoms with E-state index in [2.05, 4.69) is 10.1 Å². The summed E-state index contributed by atoms with van der Waals surface area (Å²) in [5.74, 6) is -0.365. The topological polar surface area (TPSA) is 76.2 Å². The minimum absolute atomic E-state index is 0.0691. The normalized spacial score (nSPS) is 10.4. The number of nitrogens with zero attached hydrogens (tertiary/aromatic N) is 2. The molecule has 2 rings (SSSR count). The Morgan fingerprint density at radius 3 is 2.78 bits per heavy atom. The number of carboxylic acids is 1. The summed E-state index contributed by atoms with van der Waals surface area (Å²) in [7, 11) is 0. The molecule has 0 spiro atoms. The third-order valence-electron chi connectivity index (χ3n) is 2.25. The number of rotatable bonds is 6. The molecule has 94 valence electrons. The van der Waals surface area contributed by atoms with Gasteiger partial charge in [-0.05, 0) is 12.0 Å². The van der Waals surface area contributed by atoms with Crippen molar-refractivity contribution < 1.29 is 14.4 Å². The average molecular weight is 264 g/mol. The molecule has 0 bridgehead atoms. The summed E-state index contributed by atoms with van der Waals surface area (Å²) in [6, 6.07) is 10.0. The van der Waals surface area contributed by atoms with Crippen LogP contribution in [0.15, 0.2) is 40.1 Å². The molecule has 2 aromatic rings. The number of thioether (sulfide) groups is 1. The highest BCUT2D eigenvalue weighted by Gasteiger charge is 2.08. The van der Waals surface area contributed by atoms with Crippen LogP contribution in [0.5, 0.6) is 0 Å². The minimum Gasteiger partial charge on any atom is -0.481 e. The van der Waals surface area contributed by atoms with E-state index >= 15 is 0 Å². The van der Waals surface area contributed by atoms with Crippen LogP contribution in [0.1, 0.15) is 11.4 Å². The molecule has 0 aliphatic rings. The van der Waals surface area contributed by atoms with Gasteiger partial charge in [-0.2, -0.15) is 4.98 Å². The van der Waals surface area contributed by atoms with Crippen molar-refractivity contribution in [3.8, 4) is 0 Å². The number of benzene rings is 1. The van der Waals surface area contributed by atoms with E-state index in [1.54, 1.807) is 0 Å². The van der Waals surface area contributed by atoms with Crippen LogP contribution in [0, 0.1) is 0 Å². The Bertz CT molecular complexity index is 513.